The summed E-state index contributed by atoms with van der Waals surface area (Å²) in [5, 5.41) is 3.61. The Hall–Kier alpha value is -0.0800. The van der Waals surface area contributed by atoms with Crippen molar-refractivity contribution in [1.29, 1.82) is 0 Å². The normalized spacial score (nSPS) is 30.5. The van der Waals surface area contributed by atoms with Crippen LogP contribution in [0.3, 0.4) is 0 Å². The van der Waals surface area contributed by atoms with Gasteiger partial charge in [-0.25, -0.2) is 0 Å². The maximum absolute atomic E-state index is 5.25. The van der Waals surface area contributed by atoms with Crippen molar-refractivity contribution < 1.29 is 4.74 Å². The summed E-state index contributed by atoms with van der Waals surface area (Å²) in [4.78, 5) is 0. The van der Waals surface area contributed by atoms with Gasteiger partial charge in [-0.2, -0.15) is 0 Å². The molecule has 2 nitrogen and oxygen atoms in total. The molecule has 0 radical (unpaired) electrons. The van der Waals surface area contributed by atoms with Gasteiger partial charge >= 0.3 is 0 Å². The van der Waals surface area contributed by atoms with E-state index in [0.29, 0.717) is 5.54 Å². The molecule has 11 heavy (non-hydrogen) atoms. The highest BCUT2D eigenvalue weighted by atomic mass is 16.5. The van der Waals surface area contributed by atoms with Crippen LogP contribution in [0.5, 0.6) is 0 Å². The fraction of sp³-hybridized carbons (Fsp3) is 1.00. The van der Waals surface area contributed by atoms with E-state index in [1.165, 1.54) is 38.6 Å². The quantitative estimate of drug-likeness (QED) is 0.569. The lowest BCUT2D eigenvalue weighted by molar-refractivity contribution is -0.0807. The van der Waals surface area contributed by atoms with Crippen LogP contribution in [0.15, 0.2) is 0 Å². The van der Waals surface area contributed by atoms with Gasteiger partial charge in [0.2, 0.25) is 0 Å². The molecule has 2 fully saturated rings. The average molecular weight is 155 g/mol. The molecule has 0 aromatic carbocycles. The molecule has 2 aliphatic heterocycles. The molecule has 0 amide bonds. The molecule has 2 aliphatic rings. The van der Waals surface area contributed by atoms with Gasteiger partial charge in [-0.05, 0) is 19.4 Å². The lowest BCUT2D eigenvalue weighted by Gasteiger charge is -2.43. The number of hydrogen-bond donors (Lipinski definition) is 1. The van der Waals surface area contributed by atoms with E-state index >= 15 is 0 Å². The minimum atomic E-state index is 0.403. The molecule has 0 aromatic rings. The first-order chi connectivity index (χ1) is 5.41. The van der Waals surface area contributed by atoms with E-state index in [1.54, 1.807) is 0 Å². The van der Waals surface area contributed by atoms with Gasteiger partial charge in [-0.1, -0.05) is 19.3 Å². The Bertz CT molecular complexity index is 122. The van der Waals surface area contributed by atoms with Crippen molar-refractivity contribution in [3.05, 3.63) is 0 Å². The Balaban J connectivity index is 1.86. The molecular weight excluding hydrogens is 138 g/mol. The zero-order chi connectivity index (χ0) is 7.57. The zero-order valence-electron chi connectivity index (χ0n) is 7.07. The van der Waals surface area contributed by atoms with E-state index in [0.717, 1.165) is 13.2 Å². The van der Waals surface area contributed by atoms with Crippen LogP contribution in [0.2, 0.25) is 0 Å². The number of nitrogens with one attached hydrogen (secondary N) is 1. The molecule has 2 rings (SSSR count). The second-order valence-corrected chi connectivity index (χ2v) is 3.86. The summed E-state index contributed by atoms with van der Waals surface area (Å²) in [5.41, 5.74) is 0.403. The van der Waals surface area contributed by atoms with Gasteiger partial charge in [-0.3, -0.25) is 0 Å². The fourth-order valence-electron chi connectivity index (χ4n) is 1.98. The summed E-state index contributed by atoms with van der Waals surface area (Å²) >= 11 is 0. The highest BCUT2D eigenvalue weighted by molar-refractivity contribution is 4.94. The Labute approximate surface area is 68.3 Å². The highest BCUT2D eigenvalue weighted by Crippen LogP contribution is 2.25. The zero-order valence-corrected chi connectivity index (χ0v) is 7.07. The molecule has 64 valence electrons. The summed E-state index contributed by atoms with van der Waals surface area (Å²) in [5.74, 6) is 0. The molecular formula is C9H17NO. The molecule has 2 heterocycles. The molecule has 2 saturated heterocycles. The van der Waals surface area contributed by atoms with Crippen molar-refractivity contribution in [3.8, 4) is 0 Å². The van der Waals surface area contributed by atoms with Crippen LogP contribution in [0.1, 0.15) is 32.1 Å². The fourth-order valence-corrected chi connectivity index (χ4v) is 1.98. The van der Waals surface area contributed by atoms with Gasteiger partial charge in [0, 0.05) is 0 Å². The summed E-state index contributed by atoms with van der Waals surface area (Å²) in [6, 6.07) is 0. The van der Waals surface area contributed by atoms with E-state index in [1.807, 2.05) is 0 Å². The van der Waals surface area contributed by atoms with Crippen molar-refractivity contribution >= 4 is 0 Å². The molecule has 0 aliphatic carbocycles. The first-order valence-electron chi connectivity index (χ1n) is 4.74. The number of ether oxygens (including phenoxy) is 1. The first kappa shape index (κ1) is 7.56. The van der Waals surface area contributed by atoms with Crippen molar-refractivity contribution in [2.45, 2.75) is 37.6 Å². The minimum absolute atomic E-state index is 0.403. The van der Waals surface area contributed by atoms with Gasteiger partial charge in [-0.15, -0.1) is 0 Å². The Kier molecular flexibility index (Phi) is 2.14. The van der Waals surface area contributed by atoms with E-state index in [9.17, 15) is 0 Å². The minimum Gasteiger partial charge on any atom is -0.377 e. The van der Waals surface area contributed by atoms with E-state index in [-0.39, 0.29) is 0 Å². The van der Waals surface area contributed by atoms with Crippen LogP contribution >= 0.6 is 0 Å². The molecule has 0 aromatic heterocycles. The van der Waals surface area contributed by atoms with Crippen LogP contribution in [-0.2, 0) is 4.74 Å². The van der Waals surface area contributed by atoms with Crippen LogP contribution in [0.25, 0.3) is 0 Å². The molecule has 0 unspecified atom stereocenters. The molecule has 0 bridgehead atoms. The summed E-state index contributed by atoms with van der Waals surface area (Å²) in [6.45, 7) is 3.10. The van der Waals surface area contributed by atoms with Gasteiger partial charge in [0.15, 0.2) is 0 Å². The van der Waals surface area contributed by atoms with Crippen molar-refractivity contribution in [2.24, 2.45) is 0 Å². The van der Waals surface area contributed by atoms with E-state index < -0.39 is 0 Å². The smallest absolute Gasteiger partial charge is 0.0671 e. The maximum atomic E-state index is 5.25. The molecule has 0 saturated carbocycles. The van der Waals surface area contributed by atoms with E-state index in [2.05, 4.69) is 5.32 Å². The average Bonchev–Trinajstić information content (AvgIpc) is 1.82. The van der Waals surface area contributed by atoms with Crippen molar-refractivity contribution in [2.75, 3.05) is 19.8 Å². The van der Waals surface area contributed by atoms with Gasteiger partial charge in [0.05, 0.1) is 18.8 Å². The predicted octanol–water partition coefficient (Wildman–Crippen LogP) is 1.31. The molecule has 2 heteroatoms. The topological polar surface area (TPSA) is 21.3 Å². The van der Waals surface area contributed by atoms with Crippen LogP contribution in [0.4, 0.5) is 0 Å². The monoisotopic (exact) mass is 155 g/mol. The second kappa shape index (κ2) is 3.11. The largest absolute Gasteiger partial charge is 0.377 e. The van der Waals surface area contributed by atoms with Crippen LogP contribution < -0.4 is 5.32 Å². The third-order valence-electron chi connectivity index (χ3n) is 2.84. The van der Waals surface area contributed by atoms with E-state index in [4.69, 9.17) is 4.74 Å². The SMILES string of the molecule is C1CCCC2(COC2)NCC1. The Morgan fingerprint density at radius 2 is 1.82 bits per heavy atom. The standard InChI is InChI=1S/C9H17NO/c1-2-4-6-10-9(5-3-1)7-11-8-9/h10H,1-8H2. The van der Waals surface area contributed by atoms with Crippen molar-refractivity contribution in [1.82, 2.24) is 5.32 Å². The summed E-state index contributed by atoms with van der Waals surface area (Å²) < 4.78 is 5.25. The Morgan fingerprint density at radius 3 is 2.55 bits per heavy atom. The second-order valence-electron chi connectivity index (χ2n) is 3.86. The van der Waals surface area contributed by atoms with Gasteiger partial charge < -0.3 is 10.1 Å². The summed E-state index contributed by atoms with van der Waals surface area (Å²) in [7, 11) is 0. The van der Waals surface area contributed by atoms with Crippen LogP contribution in [0, 0.1) is 0 Å². The first-order valence-corrected chi connectivity index (χ1v) is 4.74. The lowest BCUT2D eigenvalue weighted by atomic mass is 9.88. The van der Waals surface area contributed by atoms with Gasteiger partial charge in [0.1, 0.15) is 0 Å². The third kappa shape index (κ3) is 1.57. The summed E-state index contributed by atoms with van der Waals surface area (Å²) in [6.07, 6.45) is 6.89. The molecule has 1 N–H and O–H groups in total. The maximum Gasteiger partial charge on any atom is 0.0671 e. The third-order valence-corrected chi connectivity index (χ3v) is 2.84. The highest BCUT2D eigenvalue weighted by Gasteiger charge is 2.37. The number of hydrogen-bond acceptors (Lipinski definition) is 2. The van der Waals surface area contributed by atoms with Crippen LogP contribution in [-0.4, -0.2) is 25.3 Å². The lowest BCUT2D eigenvalue weighted by Crippen LogP contribution is -2.60. The predicted molar refractivity (Wildman–Crippen MR) is 44.6 cm³/mol. The van der Waals surface area contributed by atoms with Crippen molar-refractivity contribution in [3.63, 3.8) is 0 Å². The molecule has 0 atom stereocenters. The number of rotatable bonds is 0. The Morgan fingerprint density at radius 1 is 1.00 bits per heavy atom. The molecule has 1 spiro atoms. The van der Waals surface area contributed by atoms with Gasteiger partial charge in [0.25, 0.3) is 0 Å².